The van der Waals surface area contributed by atoms with Crippen molar-refractivity contribution in [3.8, 4) is 0 Å². The van der Waals surface area contributed by atoms with Crippen molar-refractivity contribution in [2.45, 2.75) is 45.4 Å². The van der Waals surface area contributed by atoms with Gasteiger partial charge in [0.25, 0.3) is 0 Å². The summed E-state index contributed by atoms with van der Waals surface area (Å²) in [5.74, 6) is -0.0380. The second-order valence-electron chi connectivity index (χ2n) is 4.69. The molecule has 5 heteroatoms. The highest BCUT2D eigenvalue weighted by Gasteiger charge is 2.22. The van der Waals surface area contributed by atoms with Crippen LogP contribution in [0.25, 0.3) is 0 Å². The predicted octanol–water partition coefficient (Wildman–Crippen LogP) is 1.49. The summed E-state index contributed by atoms with van der Waals surface area (Å²) in [4.78, 5) is 24.9. The molecule has 0 bridgehead atoms. The van der Waals surface area contributed by atoms with Crippen molar-refractivity contribution in [1.82, 2.24) is 15.5 Å². The molecule has 1 fully saturated rings. The maximum Gasteiger partial charge on any atom is 0.324 e. The minimum absolute atomic E-state index is 0.0380. The standard InChI is InChI=1S/C13H25N3O2/c1-2-3-8-14-9-10-15-13(18)16-11-6-4-5-7-12(16)17/h14H,2-11H2,1H3,(H,15,18). The number of amides is 3. The smallest absolute Gasteiger partial charge is 0.324 e. The molecule has 1 aliphatic rings. The number of urea groups is 1. The number of hydrogen-bond acceptors (Lipinski definition) is 3. The van der Waals surface area contributed by atoms with E-state index in [1.165, 1.54) is 11.3 Å². The van der Waals surface area contributed by atoms with E-state index in [-0.39, 0.29) is 11.9 Å². The molecule has 0 radical (unpaired) electrons. The van der Waals surface area contributed by atoms with Crippen molar-refractivity contribution in [3.05, 3.63) is 0 Å². The number of carbonyl (C=O) groups excluding carboxylic acids is 2. The van der Waals surface area contributed by atoms with Gasteiger partial charge in [-0.3, -0.25) is 9.69 Å². The molecule has 0 unspecified atom stereocenters. The second kappa shape index (κ2) is 8.91. The molecule has 0 atom stereocenters. The van der Waals surface area contributed by atoms with Gasteiger partial charge in [0, 0.05) is 26.1 Å². The Morgan fingerprint density at radius 2 is 2.06 bits per heavy atom. The Morgan fingerprint density at radius 3 is 2.83 bits per heavy atom. The first-order valence-corrected chi connectivity index (χ1v) is 7.04. The monoisotopic (exact) mass is 255 g/mol. The first kappa shape index (κ1) is 15.0. The molecule has 18 heavy (non-hydrogen) atoms. The SMILES string of the molecule is CCCCNCCNC(=O)N1CCCCCC1=O. The lowest BCUT2D eigenvalue weighted by molar-refractivity contribution is -0.127. The van der Waals surface area contributed by atoms with Crippen LogP contribution in [0, 0.1) is 0 Å². The van der Waals surface area contributed by atoms with Crippen molar-refractivity contribution in [2.75, 3.05) is 26.2 Å². The third-order valence-corrected chi connectivity index (χ3v) is 3.10. The van der Waals surface area contributed by atoms with E-state index in [1.54, 1.807) is 0 Å². The summed E-state index contributed by atoms with van der Waals surface area (Å²) in [6.07, 6.45) is 5.69. The first-order valence-electron chi connectivity index (χ1n) is 7.04. The molecule has 5 nitrogen and oxygen atoms in total. The minimum atomic E-state index is -0.237. The van der Waals surface area contributed by atoms with Crippen LogP contribution < -0.4 is 10.6 Å². The molecule has 1 aliphatic heterocycles. The molecule has 0 aromatic rings. The molecule has 2 N–H and O–H groups in total. The van der Waals surface area contributed by atoms with Gasteiger partial charge in [-0.1, -0.05) is 19.8 Å². The van der Waals surface area contributed by atoms with Gasteiger partial charge < -0.3 is 10.6 Å². The number of carbonyl (C=O) groups is 2. The van der Waals surface area contributed by atoms with Crippen LogP contribution in [0.5, 0.6) is 0 Å². The van der Waals surface area contributed by atoms with Crippen LogP contribution in [0.4, 0.5) is 4.79 Å². The zero-order valence-electron chi connectivity index (χ0n) is 11.3. The van der Waals surface area contributed by atoms with Gasteiger partial charge in [0.2, 0.25) is 5.91 Å². The van der Waals surface area contributed by atoms with E-state index in [0.717, 1.165) is 38.8 Å². The van der Waals surface area contributed by atoms with E-state index in [1.807, 2.05) is 0 Å². The third kappa shape index (κ3) is 5.49. The van der Waals surface area contributed by atoms with Crippen molar-refractivity contribution in [2.24, 2.45) is 0 Å². The summed E-state index contributed by atoms with van der Waals surface area (Å²) < 4.78 is 0. The molecule has 0 aliphatic carbocycles. The summed E-state index contributed by atoms with van der Waals surface area (Å²) in [6.45, 7) is 5.03. The molecule has 1 rings (SSSR count). The van der Waals surface area contributed by atoms with Gasteiger partial charge in [-0.25, -0.2) is 4.79 Å². The summed E-state index contributed by atoms with van der Waals surface area (Å²) in [5, 5.41) is 6.04. The maximum atomic E-state index is 11.8. The molecule has 0 spiro atoms. The van der Waals surface area contributed by atoms with E-state index in [0.29, 0.717) is 19.5 Å². The third-order valence-electron chi connectivity index (χ3n) is 3.10. The number of nitrogens with one attached hydrogen (secondary N) is 2. The summed E-state index contributed by atoms with van der Waals surface area (Å²) >= 11 is 0. The lowest BCUT2D eigenvalue weighted by Gasteiger charge is -2.19. The number of nitrogens with zero attached hydrogens (tertiary/aromatic N) is 1. The van der Waals surface area contributed by atoms with Crippen molar-refractivity contribution in [1.29, 1.82) is 0 Å². The van der Waals surface area contributed by atoms with E-state index < -0.39 is 0 Å². The van der Waals surface area contributed by atoms with Gasteiger partial charge in [0.05, 0.1) is 0 Å². The zero-order chi connectivity index (χ0) is 13.2. The Bertz CT molecular complexity index is 269. The molecule has 0 aromatic carbocycles. The highest BCUT2D eigenvalue weighted by Crippen LogP contribution is 2.10. The molecular weight excluding hydrogens is 230 g/mol. The Kier molecular flexibility index (Phi) is 7.41. The number of rotatable bonds is 6. The highest BCUT2D eigenvalue weighted by atomic mass is 16.2. The largest absolute Gasteiger partial charge is 0.336 e. The molecule has 3 amide bonds. The summed E-state index contributed by atoms with van der Waals surface area (Å²) in [6, 6.07) is -0.237. The quantitative estimate of drug-likeness (QED) is 0.707. The Labute approximate surface area is 109 Å². The van der Waals surface area contributed by atoms with Crippen LogP contribution in [-0.4, -0.2) is 43.0 Å². The fourth-order valence-corrected chi connectivity index (χ4v) is 1.98. The Balaban J connectivity index is 2.16. The molecule has 104 valence electrons. The number of likely N-dealkylation sites (tertiary alicyclic amines) is 1. The van der Waals surface area contributed by atoms with Crippen LogP contribution in [0.1, 0.15) is 45.4 Å². The van der Waals surface area contributed by atoms with Crippen molar-refractivity contribution < 1.29 is 9.59 Å². The number of hydrogen-bond donors (Lipinski definition) is 2. The van der Waals surface area contributed by atoms with Gasteiger partial charge in [-0.05, 0) is 25.8 Å². The Morgan fingerprint density at radius 1 is 1.22 bits per heavy atom. The van der Waals surface area contributed by atoms with E-state index in [2.05, 4.69) is 17.6 Å². The van der Waals surface area contributed by atoms with Crippen LogP contribution in [-0.2, 0) is 4.79 Å². The van der Waals surface area contributed by atoms with Gasteiger partial charge >= 0.3 is 6.03 Å². The molecule has 0 aromatic heterocycles. The average molecular weight is 255 g/mol. The topological polar surface area (TPSA) is 61.4 Å². The number of imide groups is 1. The van der Waals surface area contributed by atoms with Crippen LogP contribution in [0.2, 0.25) is 0 Å². The van der Waals surface area contributed by atoms with E-state index >= 15 is 0 Å². The van der Waals surface area contributed by atoms with Gasteiger partial charge in [-0.15, -0.1) is 0 Å². The second-order valence-corrected chi connectivity index (χ2v) is 4.69. The van der Waals surface area contributed by atoms with Crippen LogP contribution >= 0.6 is 0 Å². The fraction of sp³-hybridized carbons (Fsp3) is 0.846. The molecule has 1 heterocycles. The van der Waals surface area contributed by atoms with Crippen LogP contribution in [0.15, 0.2) is 0 Å². The molecule has 1 saturated heterocycles. The molecular formula is C13H25N3O2. The summed E-state index contributed by atoms with van der Waals surface area (Å²) in [5.41, 5.74) is 0. The average Bonchev–Trinajstić information content (AvgIpc) is 2.58. The normalized spacial score (nSPS) is 16.5. The van der Waals surface area contributed by atoms with Crippen molar-refractivity contribution in [3.63, 3.8) is 0 Å². The highest BCUT2D eigenvalue weighted by molar-refractivity contribution is 5.94. The zero-order valence-corrected chi connectivity index (χ0v) is 11.3. The maximum absolute atomic E-state index is 11.8. The first-order chi connectivity index (χ1) is 8.75. The molecule has 0 saturated carbocycles. The minimum Gasteiger partial charge on any atom is -0.336 e. The lowest BCUT2D eigenvalue weighted by atomic mass is 10.2. The van der Waals surface area contributed by atoms with Gasteiger partial charge in [-0.2, -0.15) is 0 Å². The van der Waals surface area contributed by atoms with E-state index in [4.69, 9.17) is 0 Å². The predicted molar refractivity (Wildman–Crippen MR) is 71.4 cm³/mol. The van der Waals surface area contributed by atoms with Gasteiger partial charge in [0.15, 0.2) is 0 Å². The van der Waals surface area contributed by atoms with Crippen molar-refractivity contribution >= 4 is 11.9 Å². The number of unbranched alkanes of at least 4 members (excludes halogenated alkanes) is 1. The Hall–Kier alpha value is -1.10. The van der Waals surface area contributed by atoms with Gasteiger partial charge in [0.1, 0.15) is 0 Å². The summed E-state index contributed by atoms with van der Waals surface area (Å²) in [7, 11) is 0. The fourth-order valence-electron chi connectivity index (χ4n) is 1.98. The lowest BCUT2D eigenvalue weighted by Crippen LogP contribution is -2.45. The van der Waals surface area contributed by atoms with E-state index in [9.17, 15) is 9.59 Å². The van der Waals surface area contributed by atoms with Crippen LogP contribution in [0.3, 0.4) is 0 Å².